The van der Waals surface area contributed by atoms with Crippen molar-refractivity contribution in [3.8, 4) is 10.6 Å². The highest BCUT2D eigenvalue weighted by molar-refractivity contribution is 7.13. The first-order chi connectivity index (χ1) is 11.2. The van der Waals surface area contributed by atoms with E-state index in [9.17, 15) is 4.79 Å². The molecular weight excluding hydrogens is 310 g/mol. The van der Waals surface area contributed by atoms with Gasteiger partial charge in [0.1, 0.15) is 5.01 Å². The second-order valence-corrected chi connectivity index (χ2v) is 5.91. The number of anilines is 1. The molecule has 2 N–H and O–H groups in total. The van der Waals surface area contributed by atoms with Crippen molar-refractivity contribution >= 4 is 23.1 Å². The molecule has 7 heteroatoms. The number of amides is 2. The van der Waals surface area contributed by atoms with Crippen LogP contribution in [0.1, 0.15) is 5.69 Å². The smallest absolute Gasteiger partial charge is 0.319 e. The second kappa shape index (κ2) is 7.06. The largest absolute Gasteiger partial charge is 0.336 e. The predicted octanol–water partition coefficient (Wildman–Crippen LogP) is 3.14. The second-order valence-electron chi connectivity index (χ2n) is 5.05. The summed E-state index contributed by atoms with van der Waals surface area (Å²) in [6, 6.07) is 7.45. The van der Waals surface area contributed by atoms with E-state index >= 15 is 0 Å². The number of hydrogen-bond acceptors (Lipinski definition) is 4. The summed E-state index contributed by atoms with van der Waals surface area (Å²) in [6.07, 6.45) is 5.29. The Morgan fingerprint density at radius 1 is 1.30 bits per heavy atom. The van der Waals surface area contributed by atoms with E-state index in [-0.39, 0.29) is 6.03 Å². The molecule has 3 aromatic rings. The molecule has 23 heavy (non-hydrogen) atoms. The SMILES string of the molecule is Cc1csc(-c2ccc(NC(=O)NCCn3ccnc3)cc2)n1. The number of aromatic nitrogens is 3. The Morgan fingerprint density at radius 3 is 2.78 bits per heavy atom. The number of nitrogens with zero attached hydrogens (tertiary/aromatic N) is 3. The fraction of sp³-hybridized carbons (Fsp3) is 0.188. The fourth-order valence-electron chi connectivity index (χ4n) is 2.08. The Morgan fingerprint density at radius 2 is 2.13 bits per heavy atom. The van der Waals surface area contributed by atoms with Gasteiger partial charge in [0.15, 0.2) is 0 Å². The van der Waals surface area contributed by atoms with Crippen LogP contribution in [0.2, 0.25) is 0 Å². The van der Waals surface area contributed by atoms with Gasteiger partial charge < -0.3 is 15.2 Å². The number of hydrogen-bond donors (Lipinski definition) is 2. The van der Waals surface area contributed by atoms with Crippen molar-refractivity contribution in [2.24, 2.45) is 0 Å². The van der Waals surface area contributed by atoms with Gasteiger partial charge in [-0.25, -0.2) is 14.8 Å². The molecule has 0 spiro atoms. The maximum atomic E-state index is 11.8. The van der Waals surface area contributed by atoms with Crippen LogP contribution >= 0.6 is 11.3 Å². The van der Waals surface area contributed by atoms with Crippen LogP contribution in [0.25, 0.3) is 10.6 Å². The summed E-state index contributed by atoms with van der Waals surface area (Å²) in [6.45, 7) is 3.21. The molecule has 2 amide bonds. The van der Waals surface area contributed by atoms with Crippen molar-refractivity contribution in [3.05, 3.63) is 54.1 Å². The molecule has 2 aromatic heterocycles. The minimum Gasteiger partial charge on any atom is -0.336 e. The molecule has 0 aliphatic heterocycles. The minimum absolute atomic E-state index is 0.219. The molecule has 0 bridgehead atoms. The first kappa shape index (κ1) is 15.2. The molecule has 3 rings (SSSR count). The van der Waals surface area contributed by atoms with E-state index in [0.29, 0.717) is 13.1 Å². The number of aryl methyl sites for hydroxylation is 1. The summed E-state index contributed by atoms with van der Waals surface area (Å²) in [4.78, 5) is 20.2. The van der Waals surface area contributed by atoms with Gasteiger partial charge in [-0.1, -0.05) is 0 Å². The molecule has 0 atom stereocenters. The number of thiazole rings is 1. The molecule has 0 saturated heterocycles. The Balaban J connectivity index is 1.50. The molecule has 0 aliphatic carbocycles. The number of carbonyl (C=O) groups is 1. The maximum absolute atomic E-state index is 11.8. The summed E-state index contributed by atoms with van der Waals surface area (Å²) in [5.41, 5.74) is 2.82. The summed E-state index contributed by atoms with van der Waals surface area (Å²) >= 11 is 1.61. The van der Waals surface area contributed by atoms with Gasteiger partial charge in [0, 0.05) is 47.8 Å². The molecule has 0 aliphatic rings. The van der Waals surface area contributed by atoms with Crippen molar-refractivity contribution in [2.45, 2.75) is 13.5 Å². The van der Waals surface area contributed by atoms with Gasteiger partial charge in [-0.05, 0) is 31.2 Å². The highest BCUT2D eigenvalue weighted by Crippen LogP contribution is 2.24. The van der Waals surface area contributed by atoms with E-state index in [0.717, 1.165) is 22.0 Å². The number of imidazole rings is 1. The van der Waals surface area contributed by atoms with Crippen molar-refractivity contribution in [3.63, 3.8) is 0 Å². The Bertz CT molecular complexity index is 764. The minimum atomic E-state index is -0.219. The van der Waals surface area contributed by atoms with Crippen LogP contribution in [-0.4, -0.2) is 27.1 Å². The van der Waals surface area contributed by atoms with Gasteiger partial charge in [0.25, 0.3) is 0 Å². The van der Waals surface area contributed by atoms with Gasteiger partial charge >= 0.3 is 6.03 Å². The lowest BCUT2D eigenvalue weighted by Crippen LogP contribution is -2.31. The average molecular weight is 327 g/mol. The third kappa shape index (κ3) is 4.17. The highest BCUT2D eigenvalue weighted by Gasteiger charge is 2.04. The van der Waals surface area contributed by atoms with Crippen LogP contribution in [-0.2, 0) is 6.54 Å². The lowest BCUT2D eigenvalue weighted by atomic mass is 10.2. The predicted molar refractivity (Wildman–Crippen MR) is 91.5 cm³/mol. The zero-order valence-electron chi connectivity index (χ0n) is 12.7. The summed E-state index contributed by atoms with van der Waals surface area (Å²) in [5.74, 6) is 0. The molecule has 0 fully saturated rings. The topological polar surface area (TPSA) is 71.8 Å². The zero-order chi connectivity index (χ0) is 16.1. The Kier molecular flexibility index (Phi) is 4.68. The van der Waals surface area contributed by atoms with Gasteiger partial charge in [-0.2, -0.15) is 0 Å². The maximum Gasteiger partial charge on any atom is 0.319 e. The highest BCUT2D eigenvalue weighted by atomic mass is 32.1. The van der Waals surface area contributed by atoms with Gasteiger partial charge in [-0.15, -0.1) is 11.3 Å². The van der Waals surface area contributed by atoms with Gasteiger partial charge in [0.2, 0.25) is 0 Å². The average Bonchev–Trinajstić information content (AvgIpc) is 3.20. The number of carbonyl (C=O) groups excluding carboxylic acids is 1. The summed E-state index contributed by atoms with van der Waals surface area (Å²) in [7, 11) is 0. The van der Waals surface area contributed by atoms with E-state index < -0.39 is 0 Å². The van der Waals surface area contributed by atoms with Crippen molar-refractivity contribution in [1.82, 2.24) is 19.9 Å². The first-order valence-electron chi connectivity index (χ1n) is 7.24. The van der Waals surface area contributed by atoms with Gasteiger partial charge in [-0.3, -0.25) is 0 Å². The lowest BCUT2D eigenvalue weighted by Gasteiger charge is -2.08. The zero-order valence-corrected chi connectivity index (χ0v) is 13.5. The van der Waals surface area contributed by atoms with Crippen LogP contribution in [0.4, 0.5) is 10.5 Å². The third-order valence-corrected chi connectivity index (χ3v) is 4.23. The molecule has 0 unspecified atom stereocenters. The van der Waals surface area contributed by atoms with Gasteiger partial charge in [0.05, 0.1) is 6.33 Å². The quantitative estimate of drug-likeness (QED) is 0.756. The first-order valence-corrected chi connectivity index (χ1v) is 8.12. The van der Waals surface area contributed by atoms with E-state index in [1.807, 2.05) is 47.3 Å². The third-order valence-electron chi connectivity index (χ3n) is 3.22. The number of nitrogens with one attached hydrogen (secondary N) is 2. The fourth-order valence-corrected chi connectivity index (χ4v) is 2.88. The Hall–Kier alpha value is -2.67. The van der Waals surface area contributed by atoms with Crippen LogP contribution in [0.5, 0.6) is 0 Å². The van der Waals surface area contributed by atoms with Crippen LogP contribution in [0, 0.1) is 6.92 Å². The lowest BCUT2D eigenvalue weighted by molar-refractivity contribution is 0.251. The number of rotatable bonds is 5. The molecule has 118 valence electrons. The van der Waals surface area contributed by atoms with E-state index in [4.69, 9.17) is 0 Å². The summed E-state index contributed by atoms with van der Waals surface area (Å²) < 4.78 is 1.91. The van der Waals surface area contributed by atoms with Crippen molar-refractivity contribution in [2.75, 3.05) is 11.9 Å². The molecule has 1 aromatic carbocycles. The van der Waals surface area contributed by atoms with E-state index in [1.165, 1.54) is 0 Å². The van der Waals surface area contributed by atoms with E-state index in [1.54, 1.807) is 23.9 Å². The number of benzene rings is 1. The number of urea groups is 1. The summed E-state index contributed by atoms with van der Waals surface area (Å²) in [5, 5.41) is 8.63. The molecular formula is C16H17N5OS. The van der Waals surface area contributed by atoms with Crippen molar-refractivity contribution < 1.29 is 4.79 Å². The van der Waals surface area contributed by atoms with Crippen LogP contribution < -0.4 is 10.6 Å². The Labute approximate surface area is 138 Å². The monoisotopic (exact) mass is 327 g/mol. The van der Waals surface area contributed by atoms with Crippen LogP contribution in [0.15, 0.2) is 48.4 Å². The van der Waals surface area contributed by atoms with E-state index in [2.05, 4.69) is 20.6 Å². The van der Waals surface area contributed by atoms with Crippen LogP contribution in [0.3, 0.4) is 0 Å². The molecule has 6 nitrogen and oxygen atoms in total. The standard InChI is InChI=1S/C16H17N5OS/c1-12-10-23-15(19-12)13-2-4-14(5-3-13)20-16(22)18-7-9-21-8-6-17-11-21/h2-6,8,10-11H,7,9H2,1H3,(H2,18,20,22). The molecule has 0 saturated carbocycles. The normalized spacial score (nSPS) is 10.5. The van der Waals surface area contributed by atoms with Crippen molar-refractivity contribution in [1.29, 1.82) is 0 Å². The molecule has 2 heterocycles. The molecule has 0 radical (unpaired) electrons.